The first kappa shape index (κ1) is 23.8. The number of H-pyrrole nitrogens is 4. The van der Waals surface area contributed by atoms with Crippen LogP contribution in [0.5, 0.6) is 0 Å². The summed E-state index contributed by atoms with van der Waals surface area (Å²) in [5.74, 6) is 0. The van der Waals surface area contributed by atoms with Crippen LogP contribution in [-0.4, -0.2) is 103 Å². The SMILES string of the molecule is CC(Sc1nn[nH]n1)C(C(C)Sc1nn[nH]n1)(C(C)Sc1nn[nH]n1)C(C)Sc1nn[nH]n1. The van der Waals surface area contributed by atoms with Crippen LogP contribution in [0.15, 0.2) is 20.6 Å². The molecule has 0 fully saturated rings. The van der Waals surface area contributed by atoms with E-state index in [1.165, 1.54) is 47.0 Å². The van der Waals surface area contributed by atoms with E-state index in [2.05, 4.69) is 110 Å². The molecule has 4 unspecified atom stereocenters. The molecule has 0 aliphatic carbocycles. The van der Waals surface area contributed by atoms with Crippen molar-refractivity contribution in [3.8, 4) is 0 Å². The van der Waals surface area contributed by atoms with Crippen molar-refractivity contribution in [2.75, 3.05) is 0 Å². The zero-order valence-electron chi connectivity index (χ0n) is 17.8. The van der Waals surface area contributed by atoms with E-state index in [1.54, 1.807) is 0 Å². The van der Waals surface area contributed by atoms with Crippen LogP contribution in [0.4, 0.5) is 0 Å². The highest BCUT2D eigenvalue weighted by molar-refractivity contribution is 8.02. The second-order valence-corrected chi connectivity index (χ2v) is 12.0. The summed E-state index contributed by atoms with van der Waals surface area (Å²) in [5.41, 5.74) is -0.423. The van der Waals surface area contributed by atoms with Crippen LogP contribution in [0, 0.1) is 5.41 Å². The quantitative estimate of drug-likeness (QED) is 0.186. The Morgan fingerprint density at radius 1 is 0.485 bits per heavy atom. The first-order valence-electron chi connectivity index (χ1n) is 9.60. The lowest BCUT2D eigenvalue weighted by molar-refractivity contribution is 0.278. The van der Waals surface area contributed by atoms with E-state index in [-0.39, 0.29) is 21.0 Å². The molecule has 4 heterocycles. The highest BCUT2D eigenvalue weighted by Gasteiger charge is 2.52. The Labute approximate surface area is 203 Å². The molecule has 4 aromatic heterocycles. The predicted molar refractivity (Wildman–Crippen MR) is 120 cm³/mol. The lowest BCUT2D eigenvalue weighted by Gasteiger charge is -2.49. The second-order valence-electron chi connectivity index (χ2n) is 6.82. The lowest BCUT2D eigenvalue weighted by atomic mass is 9.75. The minimum absolute atomic E-state index is 0.00620. The summed E-state index contributed by atoms with van der Waals surface area (Å²) in [6.45, 7) is 8.59. The van der Waals surface area contributed by atoms with Crippen molar-refractivity contribution in [1.29, 1.82) is 0 Å². The van der Waals surface area contributed by atoms with Crippen molar-refractivity contribution in [3.63, 3.8) is 0 Å². The molecule has 4 atom stereocenters. The summed E-state index contributed by atoms with van der Waals surface area (Å²) in [6, 6.07) is 0. The molecule has 4 aromatic rings. The molecule has 0 aromatic carbocycles. The number of rotatable bonds is 12. The Morgan fingerprint density at radius 3 is 0.909 bits per heavy atom. The van der Waals surface area contributed by atoms with Crippen LogP contribution in [0.25, 0.3) is 0 Å². The fourth-order valence-corrected chi connectivity index (χ4v) is 9.61. The molecular weight excluding hydrogens is 509 g/mol. The van der Waals surface area contributed by atoms with Crippen molar-refractivity contribution in [2.24, 2.45) is 5.41 Å². The summed E-state index contributed by atoms with van der Waals surface area (Å²) in [7, 11) is 0. The number of aromatic nitrogens is 16. The topological polar surface area (TPSA) is 218 Å². The van der Waals surface area contributed by atoms with Gasteiger partial charge in [-0.05, 0) is 20.9 Å². The number of hydrogen-bond acceptors (Lipinski definition) is 16. The van der Waals surface area contributed by atoms with E-state index in [0.29, 0.717) is 20.6 Å². The molecule has 0 aliphatic rings. The van der Waals surface area contributed by atoms with Crippen LogP contribution in [0.1, 0.15) is 27.7 Å². The summed E-state index contributed by atoms with van der Waals surface area (Å²) in [4.78, 5) is 0. The molecule has 0 radical (unpaired) electrons. The zero-order chi connectivity index (χ0) is 23.3. The summed E-state index contributed by atoms with van der Waals surface area (Å²) in [6.07, 6.45) is 0. The first-order chi connectivity index (χ1) is 16.0. The molecule has 33 heavy (non-hydrogen) atoms. The van der Waals surface area contributed by atoms with Crippen LogP contribution < -0.4 is 0 Å². The molecule has 0 amide bonds. The van der Waals surface area contributed by atoms with Gasteiger partial charge in [0.05, 0.1) is 0 Å². The monoisotopic (exact) mass is 528 g/mol. The maximum Gasteiger partial charge on any atom is 0.231 e. The van der Waals surface area contributed by atoms with Gasteiger partial charge in [0.25, 0.3) is 0 Å². The van der Waals surface area contributed by atoms with E-state index in [1.807, 2.05) is 0 Å². The molecule has 16 nitrogen and oxygen atoms in total. The number of aromatic amines is 4. The van der Waals surface area contributed by atoms with Crippen molar-refractivity contribution in [3.05, 3.63) is 0 Å². The molecular formula is C13H20N16S4. The summed E-state index contributed by atoms with van der Waals surface area (Å²) < 4.78 is 0. The smallest absolute Gasteiger partial charge is 0.176 e. The molecule has 0 aliphatic heterocycles. The summed E-state index contributed by atoms with van der Waals surface area (Å²) >= 11 is 6.13. The normalized spacial score (nSPS) is 17.3. The molecule has 20 heteroatoms. The van der Waals surface area contributed by atoms with Gasteiger partial charge in [-0.3, -0.25) is 0 Å². The van der Waals surface area contributed by atoms with E-state index in [0.717, 1.165) is 0 Å². The first-order valence-corrected chi connectivity index (χ1v) is 13.1. The van der Waals surface area contributed by atoms with E-state index < -0.39 is 5.41 Å². The van der Waals surface area contributed by atoms with Crippen molar-refractivity contribution in [1.82, 2.24) is 82.5 Å². The van der Waals surface area contributed by atoms with E-state index in [9.17, 15) is 0 Å². The van der Waals surface area contributed by atoms with Gasteiger partial charge in [0.2, 0.25) is 20.6 Å². The highest BCUT2D eigenvalue weighted by atomic mass is 32.2. The van der Waals surface area contributed by atoms with Crippen LogP contribution >= 0.6 is 47.0 Å². The fourth-order valence-electron chi connectivity index (χ4n) is 3.83. The lowest BCUT2D eigenvalue weighted by Crippen LogP contribution is -2.53. The van der Waals surface area contributed by atoms with Gasteiger partial charge in [-0.1, -0.05) is 74.7 Å². The second kappa shape index (κ2) is 10.7. The molecule has 0 saturated carbocycles. The van der Waals surface area contributed by atoms with Crippen LogP contribution in [0.3, 0.4) is 0 Å². The molecule has 4 rings (SSSR count). The minimum Gasteiger partial charge on any atom is -0.176 e. The van der Waals surface area contributed by atoms with E-state index in [4.69, 9.17) is 0 Å². The average Bonchev–Trinajstić information content (AvgIpc) is 3.58. The Kier molecular flexibility index (Phi) is 7.75. The van der Waals surface area contributed by atoms with Gasteiger partial charge in [0.15, 0.2) is 0 Å². The number of thioether (sulfide) groups is 4. The Balaban J connectivity index is 1.74. The molecule has 0 spiro atoms. The van der Waals surface area contributed by atoms with Gasteiger partial charge in [-0.2, -0.15) is 20.9 Å². The number of hydrogen-bond donors (Lipinski definition) is 4. The van der Waals surface area contributed by atoms with E-state index >= 15 is 0 Å². The standard InChI is InChI=1S/C13H20N16S4/c1-5(30-9-14-22-23-15-9)13(6(2)31-10-16-24-25-17-10,7(3)32-11-18-26-27-19-11)8(4)33-12-20-28-29-21-12/h5-8H,1-4H3,(H,14,15,22,23)(H,16,17,24,25)(H,18,19,26,27)(H,20,21,28,29). The van der Waals surface area contributed by atoms with Gasteiger partial charge in [-0.15, -0.1) is 40.8 Å². The van der Waals surface area contributed by atoms with Gasteiger partial charge in [-0.25, -0.2) is 0 Å². The fraction of sp³-hybridized carbons (Fsp3) is 0.692. The van der Waals surface area contributed by atoms with Crippen molar-refractivity contribution >= 4 is 47.0 Å². The van der Waals surface area contributed by atoms with Gasteiger partial charge in [0.1, 0.15) is 0 Å². The molecule has 176 valence electrons. The number of tetrazole rings is 4. The highest BCUT2D eigenvalue weighted by Crippen LogP contribution is 2.55. The third-order valence-corrected chi connectivity index (χ3v) is 9.83. The zero-order valence-corrected chi connectivity index (χ0v) is 21.1. The van der Waals surface area contributed by atoms with Crippen LogP contribution in [-0.2, 0) is 0 Å². The maximum atomic E-state index is 4.15. The van der Waals surface area contributed by atoms with Gasteiger partial charge >= 0.3 is 0 Å². The Bertz CT molecular complexity index is 880. The summed E-state index contributed by atoms with van der Waals surface area (Å²) in [5, 5.41) is 60.3. The van der Waals surface area contributed by atoms with Gasteiger partial charge < -0.3 is 0 Å². The maximum absolute atomic E-state index is 4.15. The van der Waals surface area contributed by atoms with Crippen LogP contribution in [0.2, 0.25) is 0 Å². The Morgan fingerprint density at radius 2 is 0.727 bits per heavy atom. The third-order valence-electron chi connectivity index (χ3n) is 5.25. The molecule has 0 saturated heterocycles. The molecule has 0 bridgehead atoms. The number of nitrogens with one attached hydrogen (secondary N) is 4. The molecule has 4 N–H and O–H groups in total. The predicted octanol–water partition coefficient (Wildman–Crippen LogP) is 0.748. The largest absolute Gasteiger partial charge is 0.231 e. The number of nitrogens with zero attached hydrogens (tertiary/aromatic N) is 12. The van der Waals surface area contributed by atoms with Crippen molar-refractivity contribution in [2.45, 2.75) is 69.3 Å². The van der Waals surface area contributed by atoms with Crippen molar-refractivity contribution < 1.29 is 0 Å². The minimum atomic E-state index is -0.423. The Hall–Kier alpha value is -2.32. The average molecular weight is 529 g/mol. The third kappa shape index (κ3) is 5.27. The van der Waals surface area contributed by atoms with Gasteiger partial charge in [0, 0.05) is 26.4 Å².